The van der Waals surface area contributed by atoms with Crippen LogP contribution in [0.3, 0.4) is 0 Å². The van der Waals surface area contributed by atoms with Crippen molar-refractivity contribution in [2.24, 2.45) is 14.1 Å². The maximum absolute atomic E-state index is 11.1. The molecule has 0 N–H and O–H groups in total. The number of rotatable bonds is 0. The molecule has 0 aromatic carbocycles. The van der Waals surface area contributed by atoms with Gasteiger partial charge in [-0.2, -0.15) is 0 Å². The molecule has 1 heterocycles. The van der Waals surface area contributed by atoms with Crippen molar-refractivity contribution < 1.29 is 0 Å². The maximum atomic E-state index is 11.1. The molecule has 1 aromatic rings. The molecule has 0 bridgehead atoms. The van der Waals surface area contributed by atoms with Gasteiger partial charge in [0.15, 0.2) is 0 Å². The fourth-order valence-electron chi connectivity index (χ4n) is 0.706. The molecule has 0 radical (unpaired) electrons. The van der Waals surface area contributed by atoms with E-state index in [0.29, 0.717) is 3.70 Å². The first kappa shape index (κ1) is 8.51. The minimum atomic E-state index is -0.290. The molecule has 0 saturated carbocycles. The number of hydrogen-bond acceptors (Lipinski definition) is 2. The van der Waals surface area contributed by atoms with E-state index in [2.05, 4.69) is 0 Å². The molecule has 0 spiro atoms. The number of halogens is 1. The fourth-order valence-corrected chi connectivity index (χ4v) is 1.18. The first-order valence-corrected chi connectivity index (χ1v) is 4.04. The molecule has 0 atom stereocenters. The van der Waals surface area contributed by atoms with Crippen LogP contribution in [0.4, 0.5) is 0 Å². The Balaban J connectivity index is 3.74. The Morgan fingerprint density at radius 3 is 2.36 bits per heavy atom. The largest absolute Gasteiger partial charge is 0.331 e. The zero-order chi connectivity index (χ0) is 8.59. The second-order valence-corrected chi connectivity index (χ2v) is 3.31. The first-order chi connectivity index (χ1) is 5.04. The van der Waals surface area contributed by atoms with Gasteiger partial charge in [0, 0.05) is 20.2 Å². The zero-order valence-electron chi connectivity index (χ0n) is 6.17. The predicted molar refractivity (Wildman–Crippen MR) is 49.6 cm³/mol. The van der Waals surface area contributed by atoms with Gasteiger partial charge in [-0.15, -0.1) is 0 Å². The van der Waals surface area contributed by atoms with Gasteiger partial charge < -0.3 is 0 Å². The van der Waals surface area contributed by atoms with E-state index in [4.69, 9.17) is 0 Å². The highest BCUT2D eigenvalue weighted by Gasteiger charge is 2.00. The zero-order valence-corrected chi connectivity index (χ0v) is 8.32. The SMILES string of the molecule is Cn1c(I)cc(=O)n(C)c1=O. The molecule has 0 unspecified atom stereocenters. The maximum Gasteiger partial charge on any atom is 0.331 e. The third kappa shape index (κ3) is 1.37. The minimum Gasteiger partial charge on any atom is -0.291 e. The summed E-state index contributed by atoms with van der Waals surface area (Å²) < 4.78 is 3.14. The molecule has 4 nitrogen and oxygen atoms in total. The average Bonchev–Trinajstić information content (AvgIpc) is 1.97. The van der Waals surface area contributed by atoms with Crippen molar-refractivity contribution in [3.8, 4) is 0 Å². The summed E-state index contributed by atoms with van der Waals surface area (Å²) in [5.41, 5.74) is -0.556. The van der Waals surface area contributed by atoms with Crippen LogP contribution in [0.1, 0.15) is 0 Å². The van der Waals surface area contributed by atoms with Crippen LogP contribution in [0.2, 0.25) is 0 Å². The van der Waals surface area contributed by atoms with E-state index in [-0.39, 0.29) is 11.2 Å². The van der Waals surface area contributed by atoms with Gasteiger partial charge in [-0.05, 0) is 22.6 Å². The van der Waals surface area contributed by atoms with Crippen LogP contribution in [-0.4, -0.2) is 9.13 Å². The first-order valence-electron chi connectivity index (χ1n) is 2.96. The Bertz CT molecular complexity index is 391. The molecule has 11 heavy (non-hydrogen) atoms. The monoisotopic (exact) mass is 266 g/mol. The number of hydrogen-bond donors (Lipinski definition) is 0. The van der Waals surface area contributed by atoms with E-state index in [1.165, 1.54) is 17.7 Å². The molecular weight excluding hydrogens is 259 g/mol. The Morgan fingerprint density at radius 2 is 1.82 bits per heavy atom. The summed E-state index contributed by atoms with van der Waals surface area (Å²) in [6.07, 6.45) is 0. The van der Waals surface area contributed by atoms with Crippen molar-refractivity contribution in [2.45, 2.75) is 0 Å². The van der Waals surface area contributed by atoms with E-state index < -0.39 is 0 Å². The quantitative estimate of drug-likeness (QED) is 0.477. The van der Waals surface area contributed by atoms with Gasteiger partial charge >= 0.3 is 5.69 Å². The molecule has 0 fully saturated rings. The smallest absolute Gasteiger partial charge is 0.291 e. The Labute approximate surface area is 76.6 Å². The summed E-state index contributed by atoms with van der Waals surface area (Å²) >= 11 is 1.94. The summed E-state index contributed by atoms with van der Waals surface area (Å²) in [5, 5.41) is 0. The van der Waals surface area contributed by atoms with Crippen LogP contribution < -0.4 is 11.2 Å². The molecule has 0 saturated heterocycles. The molecule has 1 aromatic heterocycles. The Morgan fingerprint density at radius 1 is 1.27 bits per heavy atom. The predicted octanol–water partition coefficient (Wildman–Crippen LogP) is -0.311. The molecule has 1 rings (SSSR count). The standard InChI is InChI=1S/C6H7IN2O2/c1-8-4(7)3-5(10)9(2)6(8)11/h3H,1-2H3. The highest BCUT2D eigenvalue weighted by molar-refractivity contribution is 14.1. The summed E-state index contributed by atoms with van der Waals surface area (Å²) in [5.74, 6) is 0. The van der Waals surface area contributed by atoms with Gasteiger partial charge in [-0.1, -0.05) is 0 Å². The number of nitrogens with zero attached hydrogens (tertiary/aromatic N) is 2. The molecule has 60 valence electrons. The molecule has 0 amide bonds. The highest BCUT2D eigenvalue weighted by atomic mass is 127. The molecule has 0 aliphatic heterocycles. The number of aromatic nitrogens is 2. The van der Waals surface area contributed by atoms with Crippen LogP contribution in [0.25, 0.3) is 0 Å². The third-order valence-electron chi connectivity index (χ3n) is 1.47. The second kappa shape index (κ2) is 2.80. The molecule has 0 aliphatic rings. The lowest BCUT2D eigenvalue weighted by Crippen LogP contribution is -2.37. The molecule has 5 heteroatoms. The van der Waals surface area contributed by atoms with E-state index in [9.17, 15) is 9.59 Å². The van der Waals surface area contributed by atoms with Crippen molar-refractivity contribution >= 4 is 22.6 Å². The fraction of sp³-hybridized carbons (Fsp3) is 0.333. The van der Waals surface area contributed by atoms with E-state index in [1.807, 2.05) is 22.6 Å². The van der Waals surface area contributed by atoms with E-state index in [0.717, 1.165) is 4.57 Å². The van der Waals surface area contributed by atoms with Crippen LogP contribution >= 0.6 is 22.6 Å². The Hall–Kier alpha value is -0.590. The minimum absolute atomic E-state index is 0.266. The summed E-state index contributed by atoms with van der Waals surface area (Å²) in [7, 11) is 3.09. The van der Waals surface area contributed by atoms with Gasteiger partial charge in [0.05, 0.1) is 3.70 Å². The summed E-state index contributed by atoms with van der Waals surface area (Å²) in [6, 6.07) is 1.42. The van der Waals surface area contributed by atoms with Crippen molar-refractivity contribution in [1.29, 1.82) is 0 Å². The Kier molecular flexibility index (Phi) is 2.17. The van der Waals surface area contributed by atoms with Crippen molar-refractivity contribution in [3.05, 3.63) is 30.6 Å². The molecular formula is C6H7IN2O2. The topological polar surface area (TPSA) is 44.0 Å². The van der Waals surface area contributed by atoms with Crippen LogP contribution in [0.5, 0.6) is 0 Å². The third-order valence-corrected chi connectivity index (χ3v) is 2.50. The van der Waals surface area contributed by atoms with Crippen molar-refractivity contribution in [3.63, 3.8) is 0 Å². The average molecular weight is 266 g/mol. The summed E-state index contributed by atoms with van der Waals surface area (Å²) in [4.78, 5) is 22.1. The highest BCUT2D eigenvalue weighted by Crippen LogP contribution is 1.93. The van der Waals surface area contributed by atoms with Crippen molar-refractivity contribution in [2.75, 3.05) is 0 Å². The summed E-state index contributed by atoms with van der Waals surface area (Å²) in [6.45, 7) is 0. The van der Waals surface area contributed by atoms with Gasteiger partial charge in [0.25, 0.3) is 5.56 Å². The van der Waals surface area contributed by atoms with Crippen LogP contribution in [0.15, 0.2) is 15.7 Å². The van der Waals surface area contributed by atoms with Gasteiger partial charge in [-0.3, -0.25) is 13.9 Å². The van der Waals surface area contributed by atoms with Crippen molar-refractivity contribution in [1.82, 2.24) is 9.13 Å². The lowest BCUT2D eigenvalue weighted by molar-refractivity contribution is 0.671. The lowest BCUT2D eigenvalue weighted by Gasteiger charge is -2.01. The van der Waals surface area contributed by atoms with Gasteiger partial charge in [-0.25, -0.2) is 4.79 Å². The second-order valence-electron chi connectivity index (χ2n) is 2.21. The van der Waals surface area contributed by atoms with E-state index >= 15 is 0 Å². The van der Waals surface area contributed by atoms with Gasteiger partial charge in [0.1, 0.15) is 0 Å². The normalized spacial score (nSPS) is 10.1. The van der Waals surface area contributed by atoms with Crippen LogP contribution in [-0.2, 0) is 14.1 Å². The van der Waals surface area contributed by atoms with Crippen LogP contribution in [0, 0.1) is 3.70 Å². The molecule has 0 aliphatic carbocycles. The van der Waals surface area contributed by atoms with E-state index in [1.54, 1.807) is 7.05 Å². The van der Waals surface area contributed by atoms with Gasteiger partial charge in [0.2, 0.25) is 0 Å². The lowest BCUT2D eigenvalue weighted by atomic mass is 10.6.